The number of carbonyl (C=O) groups excluding carboxylic acids is 1. The summed E-state index contributed by atoms with van der Waals surface area (Å²) in [6.45, 7) is 4.26. The SMILES string of the molecule is O=C(C1CCC1)N1CCC[C@H]1c1cccc(CN2CCCC2)n1. The monoisotopic (exact) mass is 313 g/mol. The Morgan fingerprint density at radius 2 is 1.87 bits per heavy atom. The molecule has 4 rings (SSSR count). The maximum absolute atomic E-state index is 12.7. The molecule has 4 nitrogen and oxygen atoms in total. The largest absolute Gasteiger partial charge is 0.334 e. The fraction of sp³-hybridized carbons (Fsp3) is 0.684. The van der Waals surface area contributed by atoms with Crippen LogP contribution in [0.4, 0.5) is 0 Å². The van der Waals surface area contributed by atoms with Crippen LogP contribution in [-0.4, -0.2) is 40.3 Å². The van der Waals surface area contributed by atoms with Crippen molar-refractivity contribution < 1.29 is 4.79 Å². The summed E-state index contributed by atoms with van der Waals surface area (Å²) in [5.41, 5.74) is 2.26. The Bertz CT molecular complexity index is 563. The lowest BCUT2D eigenvalue weighted by Gasteiger charge is -2.32. The fourth-order valence-electron chi connectivity index (χ4n) is 4.17. The van der Waals surface area contributed by atoms with Crippen molar-refractivity contribution in [3.63, 3.8) is 0 Å². The molecule has 1 saturated carbocycles. The molecule has 1 aromatic rings. The number of hydrogen-bond donors (Lipinski definition) is 0. The van der Waals surface area contributed by atoms with Crippen molar-refractivity contribution in [1.29, 1.82) is 0 Å². The van der Waals surface area contributed by atoms with Crippen molar-refractivity contribution in [1.82, 2.24) is 14.8 Å². The highest BCUT2D eigenvalue weighted by atomic mass is 16.2. The smallest absolute Gasteiger partial charge is 0.226 e. The number of hydrogen-bond acceptors (Lipinski definition) is 3. The van der Waals surface area contributed by atoms with Gasteiger partial charge in [-0.05, 0) is 63.7 Å². The van der Waals surface area contributed by atoms with Crippen LogP contribution >= 0.6 is 0 Å². The molecule has 1 amide bonds. The van der Waals surface area contributed by atoms with Gasteiger partial charge in [-0.1, -0.05) is 12.5 Å². The fourth-order valence-corrected chi connectivity index (χ4v) is 4.17. The van der Waals surface area contributed by atoms with Crippen LogP contribution in [0.1, 0.15) is 62.4 Å². The lowest BCUT2D eigenvalue weighted by molar-refractivity contribution is -0.139. The average Bonchev–Trinajstić information content (AvgIpc) is 3.16. The van der Waals surface area contributed by atoms with E-state index in [-0.39, 0.29) is 6.04 Å². The van der Waals surface area contributed by atoms with Gasteiger partial charge < -0.3 is 4.90 Å². The first-order chi connectivity index (χ1) is 11.3. The Morgan fingerprint density at radius 1 is 1.04 bits per heavy atom. The van der Waals surface area contributed by atoms with Crippen LogP contribution in [-0.2, 0) is 11.3 Å². The molecule has 0 radical (unpaired) electrons. The highest BCUT2D eigenvalue weighted by Gasteiger charge is 2.36. The van der Waals surface area contributed by atoms with Gasteiger partial charge in [-0.3, -0.25) is 14.7 Å². The number of pyridine rings is 1. The molecule has 2 saturated heterocycles. The van der Waals surface area contributed by atoms with Gasteiger partial charge in [0.1, 0.15) is 0 Å². The van der Waals surface area contributed by atoms with Crippen LogP contribution in [0.15, 0.2) is 18.2 Å². The molecule has 3 aliphatic rings. The molecule has 23 heavy (non-hydrogen) atoms. The van der Waals surface area contributed by atoms with Crippen molar-refractivity contribution >= 4 is 5.91 Å². The highest BCUT2D eigenvalue weighted by molar-refractivity contribution is 5.80. The molecule has 0 unspecified atom stereocenters. The summed E-state index contributed by atoms with van der Waals surface area (Å²) in [5, 5.41) is 0. The van der Waals surface area contributed by atoms with Crippen molar-refractivity contribution in [2.75, 3.05) is 19.6 Å². The Hall–Kier alpha value is -1.42. The second kappa shape index (κ2) is 6.60. The molecule has 4 heteroatoms. The molecule has 3 heterocycles. The zero-order valence-electron chi connectivity index (χ0n) is 13.9. The van der Waals surface area contributed by atoms with E-state index in [0.29, 0.717) is 11.8 Å². The van der Waals surface area contributed by atoms with Gasteiger partial charge in [0.05, 0.1) is 17.4 Å². The topological polar surface area (TPSA) is 36.4 Å². The molecule has 1 aromatic heterocycles. The molecule has 2 aliphatic heterocycles. The summed E-state index contributed by atoms with van der Waals surface area (Å²) < 4.78 is 0. The average molecular weight is 313 g/mol. The molecule has 0 spiro atoms. The van der Waals surface area contributed by atoms with Crippen LogP contribution in [0.5, 0.6) is 0 Å². The van der Waals surface area contributed by atoms with E-state index in [1.54, 1.807) is 0 Å². The number of nitrogens with zero attached hydrogens (tertiary/aromatic N) is 3. The molecular formula is C19H27N3O. The van der Waals surface area contributed by atoms with Crippen LogP contribution in [0.3, 0.4) is 0 Å². The lowest BCUT2D eigenvalue weighted by Crippen LogP contribution is -2.38. The van der Waals surface area contributed by atoms with Gasteiger partial charge in [-0.2, -0.15) is 0 Å². The maximum atomic E-state index is 12.7. The third-order valence-corrected chi connectivity index (χ3v) is 5.74. The Morgan fingerprint density at radius 3 is 2.61 bits per heavy atom. The van der Waals surface area contributed by atoms with E-state index in [1.807, 2.05) is 0 Å². The first-order valence-corrected chi connectivity index (χ1v) is 9.30. The van der Waals surface area contributed by atoms with Crippen LogP contribution < -0.4 is 0 Å². The first kappa shape index (κ1) is 15.1. The Kier molecular flexibility index (Phi) is 4.34. The summed E-state index contributed by atoms with van der Waals surface area (Å²) in [7, 11) is 0. The summed E-state index contributed by atoms with van der Waals surface area (Å²) in [6, 6.07) is 6.58. The van der Waals surface area contributed by atoms with Gasteiger partial charge >= 0.3 is 0 Å². The van der Waals surface area contributed by atoms with E-state index >= 15 is 0 Å². The molecule has 0 N–H and O–H groups in total. The molecule has 1 atom stereocenters. The van der Waals surface area contributed by atoms with E-state index < -0.39 is 0 Å². The van der Waals surface area contributed by atoms with Crippen molar-refractivity contribution in [2.45, 2.75) is 57.5 Å². The van der Waals surface area contributed by atoms with Crippen molar-refractivity contribution in [3.05, 3.63) is 29.6 Å². The quantitative estimate of drug-likeness (QED) is 0.857. The van der Waals surface area contributed by atoms with Gasteiger partial charge in [0.15, 0.2) is 0 Å². The predicted molar refractivity (Wildman–Crippen MR) is 89.8 cm³/mol. The van der Waals surface area contributed by atoms with Crippen molar-refractivity contribution in [3.8, 4) is 0 Å². The number of likely N-dealkylation sites (tertiary alicyclic amines) is 2. The standard InChI is InChI=1S/C19H27N3O/c23-19(15-6-3-7-15)22-13-5-10-18(22)17-9-4-8-16(20-17)14-21-11-1-2-12-21/h4,8-9,15,18H,1-3,5-7,10-14H2/t18-/m0/s1. The van der Waals surface area contributed by atoms with Gasteiger partial charge in [0.2, 0.25) is 5.91 Å². The summed E-state index contributed by atoms with van der Waals surface area (Å²) in [5.74, 6) is 0.675. The van der Waals surface area contributed by atoms with Crippen LogP contribution in [0.2, 0.25) is 0 Å². The molecule has 1 aliphatic carbocycles. The van der Waals surface area contributed by atoms with E-state index in [0.717, 1.165) is 50.2 Å². The van der Waals surface area contributed by atoms with E-state index in [4.69, 9.17) is 4.98 Å². The zero-order chi connectivity index (χ0) is 15.6. The zero-order valence-corrected chi connectivity index (χ0v) is 13.9. The normalized spacial score (nSPS) is 25.7. The number of rotatable bonds is 4. The lowest BCUT2D eigenvalue weighted by atomic mass is 9.84. The van der Waals surface area contributed by atoms with Crippen LogP contribution in [0.25, 0.3) is 0 Å². The minimum atomic E-state index is 0.210. The highest BCUT2D eigenvalue weighted by Crippen LogP contribution is 2.36. The third-order valence-electron chi connectivity index (χ3n) is 5.74. The van der Waals surface area contributed by atoms with Crippen LogP contribution in [0, 0.1) is 5.92 Å². The van der Waals surface area contributed by atoms with Crippen molar-refractivity contribution in [2.24, 2.45) is 5.92 Å². The minimum absolute atomic E-state index is 0.210. The molecule has 3 fully saturated rings. The number of amides is 1. The third kappa shape index (κ3) is 3.14. The maximum Gasteiger partial charge on any atom is 0.226 e. The molecule has 0 bridgehead atoms. The minimum Gasteiger partial charge on any atom is -0.334 e. The van der Waals surface area contributed by atoms with Gasteiger partial charge in [-0.25, -0.2) is 0 Å². The Balaban J connectivity index is 1.48. The first-order valence-electron chi connectivity index (χ1n) is 9.30. The van der Waals surface area contributed by atoms with Gasteiger partial charge in [0.25, 0.3) is 0 Å². The number of aromatic nitrogens is 1. The van der Waals surface area contributed by atoms with Gasteiger partial charge in [0, 0.05) is 19.0 Å². The molecular weight excluding hydrogens is 286 g/mol. The van der Waals surface area contributed by atoms with Gasteiger partial charge in [-0.15, -0.1) is 0 Å². The molecule has 0 aromatic carbocycles. The van der Waals surface area contributed by atoms with E-state index in [2.05, 4.69) is 28.0 Å². The summed E-state index contributed by atoms with van der Waals surface area (Å²) >= 11 is 0. The Labute approximate surface area is 138 Å². The summed E-state index contributed by atoms with van der Waals surface area (Å²) in [4.78, 5) is 22.2. The number of carbonyl (C=O) groups is 1. The molecule has 124 valence electrons. The summed E-state index contributed by atoms with van der Waals surface area (Å²) in [6.07, 6.45) is 8.20. The predicted octanol–water partition coefficient (Wildman–Crippen LogP) is 3.14. The van der Waals surface area contributed by atoms with E-state index in [9.17, 15) is 4.79 Å². The second-order valence-corrected chi connectivity index (χ2v) is 7.35. The second-order valence-electron chi connectivity index (χ2n) is 7.35. The van der Waals surface area contributed by atoms with E-state index in [1.165, 1.54) is 32.4 Å².